The molecule has 1 aromatic rings. The van der Waals surface area contributed by atoms with Crippen molar-refractivity contribution >= 4 is 23.1 Å². The van der Waals surface area contributed by atoms with Gasteiger partial charge in [0.25, 0.3) is 0 Å². The first kappa shape index (κ1) is 14.0. The first-order chi connectivity index (χ1) is 7.77. The quantitative estimate of drug-likeness (QED) is 0.730. The molecule has 1 heterocycles. The summed E-state index contributed by atoms with van der Waals surface area (Å²) in [5.41, 5.74) is 7.02. The summed E-state index contributed by atoms with van der Waals surface area (Å²) in [6.07, 6.45) is 2.05. The van der Waals surface area contributed by atoms with Crippen LogP contribution >= 0.6 is 23.1 Å². The number of nitrogens with zero attached hydrogens (tertiary/aromatic N) is 1. The summed E-state index contributed by atoms with van der Waals surface area (Å²) in [6, 6.07) is 0.0149. The Bertz CT molecular complexity index is 291. The highest BCUT2D eigenvalue weighted by Gasteiger charge is 2.10. The molecule has 0 aliphatic rings. The van der Waals surface area contributed by atoms with Gasteiger partial charge >= 0.3 is 0 Å². The van der Waals surface area contributed by atoms with Crippen LogP contribution in [0.2, 0.25) is 0 Å². The Balaban J connectivity index is 2.37. The number of thiazole rings is 1. The van der Waals surface area contributed by atoms with Crippen LogP contribution in [0, 0.1) is 0 Å². The van der Waals surface area contributed by atoms with Gasteiger partial charge in [-0.3, -0.25) is 0 Å². The van der Waals surface area contributed by atoms with Crippen molar-refractivity contribution in [1.29, 1.82) is 0 Å². The highest BCUT2D eigenvalue weighted by Crippen LogP contribution is 2.21. The molecule has 16 heavy (non-hydrogen) atoms. The van der Waals surface area contributed by atoms with Gasteiger partial charge in [0.05, 0.1) is 11.7 Å². The molecule has 0 aliphatic heterocycles. The molecule has 1 unspecified atom stereocenters. The van der Waals surface area contributed by atoms with Gasteiger partial charge in [0.2, 0.25) is 0 Å². The lowest BCUT2D eigenvalue weighted by Crippen LogP contribution is -2.13. The summed E-state index contributed by atoms with van der Waals surface area (Å²) in [6.45, 7) is 2.89. The normalized spacial score (nSPS) is 12.9. The molecule has 92 valence electrons. The van der Waals surface area contributed by atoms with Gasteiger partial charge in [-0.15, -0.1) is 11.3 Å². The Morgan fingerprint density at radius 3 is 3.12 bits per heavy atom. The van der Waals surface area contributed by atoms with E-state index >= 15 is 0 Å². The second-order valence-electron chi connectivity index (χ2n) is 3.61. The lowest BCUT2D eigenvalue weighted by atomic mass is 10.2. The van der Waals surface area contributed by atoms with Crippen molar-refractivity contribution in [3.05, 3.63) is 16.1 Å². The van der Waals surface area contributed by atoms with Crippen LogP contribution in [0.1, 0.15) is 36.5 Å². The third-order valence-electron chi connectivity index (χ3n) is 2.16. The second kappa shape index (κ2) is 8.06. The zero-order chi connectivity index (χ0) is 11.8. The maximum absolute atomic E-state index is 6.01. The predicted octanol–water partition coefficient (Wildman–Crippen LogP) is 2.82. The van der Waals surface area contributed by atoms with Crippen LogP contribution in [-0.2, 0) is 10.5 Å². The summed E-state index contributed by atoms with van der Waals surface area (Å²) in [5, 5.41) is 3.25. The van der Waals surface area contributed by atoms with Crippen LogP contribution in [-0.4, -0.2) is 24.5 Å². The van der Waals surface area contributed by atoms with E-state index in [0.29, 0.717) is 6.61 Å². The molecule has 2 N–H and O–H groups in total. The van der Waals surface area contributed by atoms with Gasteiger partial charge in [0, 0.05) is 24.8 Å². The van der Waals surface area contributed by atoms with Crippen molar-refractivity contribution in [3.63, 3.8) is 0 Å². The molecular formula is C11H20N2OS2. The van der Waals surface area contributed by atoms with Crippen LogP contribution in [0.4, 0.5) is 0 Å². The molecule has 0 saturated heterocycles. The standard InChI is InChI=1S/C11H20N2OS2/c1-3-6-15-8-11-13-10(7-16-11)9(12)4-5-14-2/h7,9H,3-6,8,12H2,1-2H3. The number of hydrogen-bond donors (Lipinski definition) is 1. The van der Waals surface area contributed by atoms with E-state index in [0.717, 1.165) is 17.9 Å². The Morgan fingerprint density at radius 1 is 1.62 bits per heavy atom. The van der Waals surface area contributed by atoms with Gasteiger partial charge in [0.15, 0.2) is 0 Å². The summed E-state index contributed by atoms with van der Waals surface area (Å²) in [4.78, 5) is 4.55. The van der Waals surface area contributed by atoms with Gasteiger partial charge in [-0.25, -0.2) is 4.98 Å². The molecule has 1 atom stereocenters. The zero-order valence-electron chi connectivity index (χ0n) is 9.94. The molecule has 1 aromatic heterocycles. The summed E-state index contributed by atoms with van der Waals surface area (Å²) < 4.78 is 5.01. The molecule has 0 amide bonds. The van der Waals surface area contributed by atoms with Gasteiger partial charge in [0.1, 0.15) is 5.01 Å². The topological polar surface area (TPSA) is 48.1 Å². The number of hydrogen-bond acceptors (Lipinski definition) is 5. The molecule has 5 heteroatoms. The van der Waals surface area contributed by atoms with E-state index in [2.05, 4.69) is 17.3 Å². The highest BCUT2D eigenvalue weighted by molar-refractivity contribution is 7.98. The number of rotatable bonds is 8. The van der Waals surface area contributed by atoms with Crippen molar-refractivity contribution < 1.29 is 4.74 Å². The van der Waals surface area contributed by atoms with Crippen molar-refractivity contribution in [1.82, 2.24) is 4.98 Å². The van der Waals surface area contributed by atoms with Crippen LogP contribution in [0.15, 0.2) is 5.38 Å². The second-order valence-corrected chi connectivity index (χ2v) is 5.65. The first-order valence-corrected chi connectivity index (χ1v) is 7.58. The van der Waals surface area contributed by atoms with Crippen molar-refractivity contribution in [2.45, 2.75) is 31.6 Å². The van der Waals surface area contributed by atoms with Crippen LogP contribution in [0.3, 0.4) is 0 Å². The fourth-order valence-electron chi connectivity index (χ4n) is 1.26. The third-order valence-corrected chi connectivity index (χ3v) is 4.38. The Kier molecular flexibility index (Phi) is 7.03. The van der Waals surface area contributed by atoms with Gasteiger partial charge in [-0.05, 0) is 18.6 Å². The smallest absolute Gasteiger partial charge is 0.103 e. The minimum Gasteiger partial charge on any atom is -0.385 e. The molecule has 1 rings (SSSR count). The van der Waals surface area contributed by atoms with E-state index in [4.69, 9.17) is 10.5 Å². The molecule has 0 bridgehead atoms. The van der Waals surface area contributed by atoms with Gasteiger partial charge in [-0.1, -0.05) is 6.92 Å². The van der Waals surface area contributed by atoms with E-state index < -0.39 is 0 Å². The lowest BCUT2D eigenvalue weighted by molar-refractivity contribution is 0.188. The lowest BCUT2D eigenvalue weighted by Gasteiger charge is -2.06. The number of thioether (sulfide) groups is 1. The SMILES string of the molecule is CCCSCc1nc(C(N)CCOC)cs1. The molecule has 0 aromatic carbocycles. The van der Waals surface area contributed by atoms with E-state index in [1.807, 2.05) is 11.8 Å². The molecule has 0 saturated carbocycles. The average Bonchev–Trinajstić information content (AvgIpc) is 2.75. The summed E-state index contributed by atoms with van der Waals surface area (Å²) >= 11 is 3.64. The monoisotopic (exact) mass is 260 g/mol. The first-order valence-electron chi connectivity index (χ1n) is 5.54. The fraction of sp³-hybridized carbons (Fsp3) is 0.727. The molecular weight excluding hydrogens is 240 g/mol. The van der Waals surface area contributed by atoms with E-state index in [-0.39, 0.29) is 6.04 Å². The van der Waals surface area contributed by atoms with Crippen LogP contribution in [0.5, 0.6) is 0 Å². The summed E-state index contributed by atoms with van der Waals surface area (Å²) in [7, 11) is 1.70. The molecule has 0 radical (unpaired) electrons. The molecule has 3 nitrogen and oxygen atoms in total. The summed E-state index contributed by atoms with van der Waals surface area (Å²) in [5.74, 6) is 2.21. The maximum Gasteiger partial charge on any atom is 0.103 e. The van der Waals surface area contributed by atoms with Crippen molar-refractivity contribution in [2.75, 3.05) is 19.5 Å². The van der Waals surface area contributed by atoms with E-state index in [1.165, 1.54) is 17.2 Å². The zero-order valence-corrected chi connectivity index (χ0v) is 11.6. The molecule has 0 fully saturated rings. The fourth-order valence-corrected chi connectivity index (χ4v) is 3.09. The maximum atomic E-state index is 6.01. The van der Waals surface area contributed by atoms with Crippen molar-refractivity contribution in [2.24, 2.45) is 5.73 Å². The Morgan fingerprint density at radius 2 is 2.44 bits per heavy atom. The number of nitrogens with two attached hydrogens (primary N) is 1. The molecule has 0 aliphatic carbocycles. The minimum absolute atomic E-state index is 0.0149. The van der Waals surface area contributed by atoms with E-state index in [9.17, 15) is 0 Å². The highest BCUT2D eigenvalue weighted by atomic mass is 32.2. The number of ether oxygens (including phenoxy) is 1. The van der Waals surface area contributed by atoms with Gasteiger partial charge < -0.3 is 10.5 Å². The van der Waals surface area contributed by atoms with Crippen LogP contribution in [0.25, 0.3) is 0 Å². The number of aromatic nitrogens is 1. The molecule has 0 spiro atoms. The van der Waals surface area contributed by atoms with E-state index in [1.54, 1.807) is 18.4 Å². The Labute approximate surface area is 106 Å². The number of methoxy groups -OCH3 is 1. The average molecular weight is 260 g/mol. The van der Waals surface area contributed by atoms with Crippen molar-refractivity contribution in [3.8, 4) is 0 Å². The predicted molar refractivity (Wildman–Crippen MR) is 72.0 cm³/mol. The Hall–Kier alpha value is -0.100. The third kappa shape index (κ3) is 4.82. The minimum atomic E-state index is 0.0149. The largest absolute Gasteiger partial charge is 0.385 e. The van der Waals surface area contributed by atoms with Gasteiger partial charge in [-0.2, -0.15) is 11.8 Å². The van der Waals surface area contributed by atoms with Crippen LogP contribution < -0.4 is 5.73 Å².